The van der Waals surface area contributed by atoms with Crippen molar-refractivity contribution in [2.24, 2.45) is 0 Å². The van der Waals surface area contributed by atoms with Crippen molar-refractivity contribution in [1.29, 1.82) is 0 Å². The number of nitrogens with zero attached hydrogens (tertiary/aromatic N) is 3. The standard InChI is InChI=1S/C21H19ClN4O3S/c1-28-16-4-2-5-17(12-16)29-10-3-11-30-21-24-20(14-6-8-15(22)9-7-14)23-18-13-19(27)25-26(18)21/h2,4-9,12-13H,3,10-11H2,1H3,(H,25,27). The average Bonchev–Trinajstić information content (AvgIpc) is 3.14. The van der Waals surface area contributed by atoms with Gasteiger partial charge < -0.3 is 9.47 Å². The largest absolute Gasteiger partial charge is 0.497 e. The Labute approximate surface area is 182 Å². The summed E-state index contributed by atoms with van der Waals surface area (Å²) >= 11 is 7.50. The van der Waals surface area contributed by atoms with E-state index in [0.717, 1.165) is 29.2 Å². The summed E-state index contributed by atoms with van der Waals surface area (Å²) in [6.45, 7) is 0.556. The van der Waals surface area contributed by atoms with Gasteiger partial charge in [0, 0.05) is 28.5 Å². The smallest absolute Gasteiger partial charge is 0.266 e. The van der Waals surface area contributed by atoms with Crippen LogP contribution in [0.15, 0.2) is 64.5 Å². The zero-order valence-electron chi connectivity index (χ0n) is 16.2. The first-order chi connectivity index (χ1) is 14.6. The van der Waals surface area contributed by atoms with Crippen LogP contribution in [0.25, 0.3) is 17.0 Å². The van der Waals surface area contributed by atoms with E-state index in [9.17, 15) is 4.79 Å². The zero-order chi connectivity index (χ0) is 20.9. The highest BCUT2D eigenvalue weighted by molar-refractivity contribution is 7.99. The van der Waals surface area contributed by atoms with Crippen molar-refractivity contribution in [2.45, 2.75) is 11.6 Å². The maximum absolute atomic E-state index is 11.8. The zero-order valence-corrected chi connectivity index (χ0v) is 17.7. The van der Waals surface area contributed by atoms with Gasteiger partial charge in [0.05, 0.1) is 13.7 Å². The number of rotatable bonds is 8. The van der Waals surface area contributed by atoms with Gasteiger partial charge in [-0.2, -0.15) is 0 Å². The highest BCUT2D eigenvalue weighted by Gasteiger charge is 2.11. The van der Waals surface area contributed by atoms with E-state index >= 15 is 0 Å². The van der Waals surface area contributed by atoms with Crippen LogP contribution in [-0.2, 0) is 0 Å². The molecule has 4 aromatic rings. The number of nitrogens with one attached hydrogen (secondary N) is 1. The molecule has 0 atom stereocenters. The van der Waals surface area contributed by atoms with Gasteiger partial charge in [-0.25, -0.2) is 14.5 Å². The van der Waals surface area contributed by atoms with Crippen molar-refractivity contribution < 1.29 is 9.47 Å². The average molecular weight is 443 g/mol. The van der Waals surface area contributed by atoms with E-state index in [1.54, 1.807) is 23.8 Å². The second-order valence-corrected chi connectivity index (χ2v) is 7.88. The molecule has 0 fully saturated rings. The van der Waals surface area contributed by atoms with Gasteiger partial charge in [0.15, 0.2) is 16.6 Å². The number of hydrogen-bond acceptors (Lipinski definition) is 6. The SMILES string of the molecule is COc1cccc(OCCCSc2nc(-c3ccc(Cl)cc3)nc3cc(=O)[nH]n23)c1. The third kappa shape index (κ3) is 4.77. The fourth-order valence-corrected chi connectivity index (χ4v) is 3.80. The van der Waals surface area contributed by atoms with E-state index in [-0.39, 0.29) is 5.56 Å². The van der Waals surface area contributed by atoms with Gasteiger partial charge in [-0.15, -0.1) is 0 Å². The Hall–Kier alpha value is -2.97. The molecule has 0 bridgehead atoms. The van der Waals surface area contributed by atoms with Crippen LogP contribution in [0, 0.1) is 0 Å². The Morgan fingerprint density at radius 1 is 1.10 bits per heavy atom. The summed E-state index contributed by atoms with van der Waals surface area (Å²) in [5.41, 5.74) is 1.13. The molecular weight excluding hydrogens is 424 g/mol. The monoisotopic (exact) mass is 442 g/mol. The molecule has 30 heavy (non-hydrogen) atoms. The minimum absolute atomic E-state index is 0.222. The first-order valence-corrected chi connectivity index (χ1v) is 10.6. The molecule has 0 saturated carbocycles. The van der Waals surface area contributed by atoms with Crippen LogP contribution in [0.1, 0.15) is 6.42 Å². The maximum Gasteiger partial charge on any atom is 0.266 e. The first kappa shape index (κ1) is 20.3. The summed E-state index contributed by atoms with van der Waals surface area (Å²) in [6.07, 6.45) is 0.801. The highest BCUT2D eigenvalue weighted by atomic mass is 35.5. The molecule has 7 nitrogen and oxygen atoms in total. The van der Waals surface area contributed by atoms with Gasteiger partial charge in [-0.05, 0) is 42.8 Å². The minimum atomic E-state index is -0.222. The minimum Gasteiger partial charge on any atom is -0.497 e. The van der Waals surface area contributed by atoms with Crippen LogP contribution in [-0.4, -0.2) is 39.1 Å². The Morgan fingerprint density at radius 3 is 2.70 bits per heavy atom. The van der Waals surface area contributed by atoms with Crippen LogP contribution < -0.4 is 15.0 Å². The van der Waals surface area contributed by atoms with Crippen molar-refractivity contribution in [3.63, 3.8) is 0 Å². The lowest BCUT2D eigenvalue weighted by atomic mass is 10.2. The van der Waals surface area contributed by atoms with Crippen molar-refractivity contribution in [3.8, 4) is 22.9 Å². The molecule has 4 rings (SSSR count). The van der Waals surface area contributed by atoms with Gasteiger partial charge in [-0.1, -0.05) is 29.4 Å². The summed E-state index contributed by atoms with van der Waals surface area (Å²) in [5, 5.41) is 4.05. The summed E-state index contributed by atoms with van der Waals surface area (Å²) in [5.74, 6) is 2.83. The van der Waals surface area contributed by atoms with Gasteiger partial charge in [0.25, 0.3) is 5.56 Å². The summed E-state index contributed by atoms with van der Waals surface area (Å²) in [4.78, 5) is 20.9. The number of thioether (sulfide) groups is 1. The van der Waals surface area contributed by atoms with E-state index < -0.39 is 0 Å². The normalized spacial score (nSPS) is 11.0. The number of benzene rings is 2. The molecule has 0 saturated heterocycles. The van der Waals surface area contributed by atoms with Crippen LogP contribution in [0.3, 0.4) is 0 Å². The number of aromatic nitrogens is 4. The van der Waals surface area contributed by atoms with Crippen molar-refractivity contribution in [3.05, 3.63) is 70.0 Å². The lowest BCUT2D eigenvalue weighted by Gasteiger charge is -2.09. The third-order valence-corrected chi connectivity index (χ3v) is 5.53. The van der Waals surface area contributed by atoms with Crippen molar-refractivity contribution in [2.75, 3.05) is 19.5 Å². The van der Waals surface area contributed by atoms with Gasteiger partial charge in [0.1, 0.15) is 11.5 Å². The second-order valence-electron chi connectivity index (χ2n) is 6.38. The molecule has 2 heterocycles. The molecule has 0 aliphatic heterocycles. The Bertz CT molecular complexity index is 1210. The molecule has 154 valence electrons. The van der Waals surface area contributed by atoms with E-state index in [4.69, 9.17) is 21.1 Å². The van der Waals surface area contributed by atoms with E-state index in [0.29, 0.717) is 28.3 Å². The van der Waals surface area contributed by atoms with Crippen LogP contribution in [0.2, 0.25) is 5.02 Å². The number of ether oxygens (including phenoxy) is 2. The highest BCUT2D eigenvalue weighted by Crippen LogP contribution is 2.24. The summed E-state index contributed by atoms with van der Waals surface area (Å²) in [6, 6.07) is 16.3. The van der Waals surface area contributed by atoms with Gasteiger partial charge in [-0.3, -0.25) is 9.89 Å². The molecule has 2 aromatic carbocycles. The molecule has 0 aliphatic carbocycles. The predicted molar refractivity (Wildman–Crippen MR) is 118 cm³/mol. The number of H-pyrrole nitrogens is 1. The number of fused-ring (bicyclic) bond motifs is 1. The number of methoxy groups -OCH3 is 1. The number of hydrogen-bond donors (Lipinski definition) is 1. The fourth-order valence-electron chi connectivity index (χ4n) is 2.81. The van der Waals surface area contributed by atoms with E-state index in [2.05, 4.69) is 15.1 Å². The lowest BCUT2D eigenvalue weighted by molar-refractivity contribution is 0.316. The number of halogens is 1. The van der Waals surface area contributed by atoms with Gasteiger partial charge in [0.2, 0.25) is 0 Å². The summed E-state index contributed by atoms with van der Waals surface area (Å²) < 4.78 is 12.6. The quantitative estimate of drug-likeness (QED) is 0.323. The molecule has 0 aliphatic rings. The van der Waals surface area contributed by atoms with Crippen LogP contribution in [0.5, 0.6) is 11.5 Å². The lowest BCUT2D eigenvalue weighted by Crippen LogP contribution is -2.05. The van der Waals surface area contributed by atoms with Crippen LogP contribution >= 0.6 is 23.4 Å². The topological polar surface area (TPSA) is 81.5 Å². The molecule has 0 unspecified atom stereocenters. The molecule has 0 spiro atoms. The predicted octanol–water partition coefficient (Wildman–Crippen LogP) is 4.31. The molecule has 0 amide bonds. The van der Waals surface area contributed by atoms with E-state index in [1.807, 2.05) is 36.4 Å². The Balaban J connectivity index is 1.45. The molecule has 2 aromatic heterocycles. The first-order valence-electron chi connectivity index (χ1n) is 9.28. The summed E-state index contributed by atoms with van der Waals surface area (Å²) in [7, 11) is 1.63. The van der Waals surface area contributed by atoms with Crippen molar-refractivity contribution in [1.82, 2.24) is 19.6 Å². The Kier molecular flexibility index (Phi) is 6.25. The molecule has 9 heteroatoms. The maximum atomic E-state index is 11.8. The second kappa shape index (κ2) is 9.23. The van der Waals surface area contributed by atoms with Crippen molar-refractivity contribution >= 4 is 29.0 Å². The molecular formula is C21H19ClN4O3S. The third-order valence-electron chi connectivity index (χ3n) is 4.26. The van der Waals surface area contributed by atoms with E-state index in [1.165, 1.54) is 17.8 Å². The van der Waals surface area contributed by atoms with Crippen LogP contribution in [0.4, 0.5) is 0 Å². The molecule has 1 N–H and O–H groups in total. The molecule has 0 radical (unpaired) electrons. The van der Waals surface area contributed by atoms with Gasteiger partial charge >= 0.3 is 0 Å². The fraction of sp³-hybridized carbons (Fsp3) is 0.190. The number of aromatic amines is 1. The Morgan fingerprint density at radius 2 is 1.90 bits per heavy atom.